The lowest BCUT2D eigenvalue weighted by Crippen LogP contribution is -2.35. The average molecular weight is 172 g/mol. The van der Waals surface area contributed by atoms with E-state index in [1.165, 1.54) is 25.8 Å². The topological polar surface area (TPSA) is 0 Å². The number of nitrogens with zero attached hydrogens (tertiary/aromatic N) is 1. The van der Waals surface area contributed by atoms with Gasteiger partial charge in [0.25, 0.3) is 0 Å². The number of hydrogen-bond acceptors (Lipinski definition) is 0. The molecule has 0 aliphatic carbocycles. The van der Waals surface area contributed by atoms with E-state index in [-0.39, 0.29) is 0 Å². The fourth-order valence-electron chi connectivity index (χ4n) is 1.21. The van der Waals surface area contributed by atoms with E-state index in [1.807, 2.05) is 0 Å². The van der Waals surface area contributed by atoms with E-state index in [4.69, 9.17) is 0 Å². The summed E-state index contributed by atoms with van der Waals surface area (Å²) in [6, 6.07) is 0. The lowest BCUT2D eigenvalue weighted by Gasteiger charge is -2.27. The Morgan fingerprint density at radius 1 is 1.08 bits per heavy atom. The molecule has 0 atom stereocenters. The summed E-state index contributed by atoms with van der Waals surface area (Å²) in [5.74, 6) is 0. The van der Waals surface area contributed by atoms with Crippen LogP contribution in [0, 0.1) is 5.41 Å². The van der Waals surface area contributed by atoms with Gasteiger partial charge in [0.2, 0.25) is 0 Å². The van der Waals surface area contributed by atoms with Gasteiger partial charge in [-0.2, -0.15) is 0 Å². The highest BCUT2D eigenvalue weighted by molar-refractivity contribution is 4.65. The summed E-state index contributed by atoms with van der Waals surface area (Å²) < 4.78 is 1.10. The molecule has 0 aromatic rings. The summed E-state index contributed by atoms with van der Waals surface area (Å²) in [4.78, 5) is 0. The summed E-state index contributed by atoms with van der Waals surface area (Å²) in [5.41, 5.74) is 0.551. The molecule has 0 N–H and O–H groups in total. The maximum atomic E-state index is 2.36. The summed E-state index contributed by atoms with van der Waals surface area (Å²) in [6.45, 7) is 8.31. The minimum Gasteiger partial charge on any atom is -0.331 e. The summed E-state index contributed by atoms with van der Waals surface area (Å²) >= 11 is 0. The van der Waals surface area contributed by atoms with Crippen molar-refractivity contribution in [3.8, 4) is 0 Å². The third-order valence-electron chi connectivity index (χ3n) is 2.64. The van der Waals surface area contributed by atoms with Gasteiger partial charge < -0.3 is 4.48 Å². The average Bonchev–Trinajstić information content (AvgIpc) is 1.84. The molecule has 74 valence electrons. The number of hydrogen-bond donors (Lipinski definition) is 0. The third-order valence-corrected chi connectivity index (χ3v) is 2.64. The van der Waals surface area contributed by atoms with Gasteiger partial charge in [0.05, 0.1) is 27.7 Å². The van der Waals surface area contributed by atoms with Crippen molar-refractivity contribution in [2.24, 2.45) is 5.41 Å². The minimum atomic E-state index is 0.551. The molecule has 0 aliphatic heterocycles. The van der Waals surface area contributed by atoms with Crippen LogP contribution in [0.4, 0.5) is 0 Å². The van der Waals surface area contributed by atoms with Crippen molar-refractivity contribution in [1.82, 2.24) is 0 Å². The molecule has 0 saturated heterocycles. The largest absolute Gasteiger partial charge is 0.331 e. The van der Waals surface area contributed by atoms with Crippen LogP contribution in [0.25, 0.3) is 0 Å². The molecule has 1 heteroatoms. The van der Waals surface area contributed by atoms with E-state index >= 15 is 0 Å². The molecule has 0 aromatic carbocycles. The van der Waals surface area contributed by atoms with Crippen molar-refractivity contribution in [2.45, 2.75) is 40.0 Å². The molecule has 0 fully saturated rings. The molecule has 12 heavy (non-hydrogen) atoms. The normalized spacial score (nSPS) is 13.5. The van der Waals surface area contributed by atoms with E-state index in [9.17, 15) is 0 Å². The standard InChI is InChI=1S/C11H26N/c1-7-11(2,3)9-8-10-12(4,5)6/h7-10H2,1-6H3/q+1. The zero-order valence-electron chi connectivity index (χ0n) is 9.78. The fraction of sp³-hybridized carbons (Fsp3) is 1.00. The Labute approximate surface area is 78.4 Å². The van der Waals surface area contributed by atoms with Crippen LogP contribution >= 0.6 is 0 Å². The van der Waals surface area contributed by atoms with Gasteiger partial charge >= 0.3 is 0 Å². The van der Waals surface area contributed by atoms with Gasteiger partial charge in [0, 0.05) is 0 Å². The zero-order valence-corrected chi connectivity index (χ0v) is 9.78. The summed E-state index contributed by atoms with van der Waals surface area (Å²) in [7, 11) is 6.79. The molecule has 1 nitrogen and oxygen atoms in total. The number of quaternary nitrogens is 1. The zero-order chi connectivity index (χ0) is 9.83. The molecule has 0 unspecified atom stereocenters. The highest BCUT2D eigenvalue weighted by Gasteiger charge is 2.16. The first-order valence-corrected chi connectivity index (χ1v) is 5.07. The Kier molecular flexibility index (Phi) is 4.25. The van der Waals surface area contributed by atoms with E-state index in [1.54, 1.807) is 0 Å². The Balaban J connectivity index is 3.57. The predicted octanol–water partition coefficient (Wildman–Crippen LogP) is 2.91. The van der Waals surface area contributed by atoms with Crippen molar-refractivity contribution < 1.29 is 4.48 Å². The van der Waals surface area contributed by atoms with Crippen LogP contribution in [0.3, 0.4) is 0 Å². The Bertz CT molecular complexity index is 119. The van der Waals surface area contributed by atoms with Crippen LogP contribution in [0.1, 0.15) is 40.0 Å². The second kappa shape index (κ2) is 4.27. The second-order valence-electron chi connectivity index (χ2n) is 5.64. The number of rotatable bonds is 5. The maximum Gasteiger partial charge on any atom is 0.0780 e. The molecule has 0 rings (SSSR count). The van der Waals surface area contributed by atoms with Crippen molar-refractivity contribution in [1.29, 1.82) is 0 Å². The Morgan fingerprint density at radius 3 is 1.92 bits per heavy atom. The Hall–Kier alpha value is -0.0400. The lowest BCUT2D eigenvalue weighted by atomic mass is 9.85. The van der Waals surface area contributed by atoms with Crippen molar-refractivity contribution >= 4 is 0 Å². The summed E-state index contributed by atoms with van der Waals surface area (Å²) in [5, 5.41) is 0. The van der Waals surface area contributed by atoms with Crippen LogP contribution in [0.2, 0.25) is 0 Å². The van der Waals surface area contributed by atoms with Crippen LogP contribution in [0.5, 0.6) is 0 Å². The first-order chi connectivity index (χ1) is 5.27. The van der Waals surface area contributed by atoms with Crippen molar-refractivity contribution in [2.75, 3.05) is 27.7 Å². The predicted molar refractivity (Wildman–Crippen MR) is 56.2 cm³/mol. The third kappa shape index (κ3) is 6.66. The van der Waals surface area contributed by atoms with Gasteiger partial charge in [-0.3, -0.25) is 0 Å². The highest BCUT2D eigenvalue weighted by atomic mass is 15.3. The Morgan fingerprint density at radius 2 is 1.58 bits per heavy atom. The molecule has 0 amide bonds. The highest BCUT2D eigenvalue weighted by Crippen LogP contribution is 2.26. The van der Waals surface area contributed by atoms with Gasteiger partial charge in [-0.15, -0.1) is 0 Å². The minimum absolute atomic E-state index is 0.551. The van der Waals surface area contributed by atoms with Crippen LogP contribution < -0.4 is 0 Å². The molecule has 0 heterocycles. The fourth-order valence-corrected chi connectivity index (χ4v) is 1.21. The van der Waals surface area contributed by atoms with E-state index in [0.717, 1.165) is 4.48 Å². The van der Waals surface area contributed by atoms with Gasteiger partial charge in [0.1, 0.15) is 0 Å². The van der Waals surface area contributed by atoms with Crippen molar-refractivity contribution in [3.63, 3.8) is 0 Å². The molecule has 0 bridgehead atoms. The molecular weight excluding hydrogens is 146 g/mol. The van der Waals surface area contributed by atoms with Crippen molar-refractivity contribution in [3.05, 3.63) is 0 Å². The molecular formula is C11H26N+. The first kappa shape index (κ1) is 12.0. The lowest BCUT2D eigenvalue weighted by molar-refractivity contribution is -0.870. The molecule has 0 aromatic heterocycles. The maximum absolute atomic E-state index is 2.36. The molecule has 0 aliphatic rings. The van der Waals surface area contributed by atoms with Gasteiger partial charge in [-0.25, -0.2) is 0 Å². The second-order valence-corrected chi connectivity index (χ2v) is 5.64. The van der Waals surface area contributed by atoms with Crippen LogP contribution in [-0.2, 0) is 0 Å². The monoisotopic (exact) mass is 172 g/mol. The van der Waals surface area contributed by atoms with Crippen LogP contribution in [-0.4, -0.2) is 32.2 Å². The smallest absolute Gasteiger partial charge is 0.0780 e. The van der Waals surface area contributed by atoms with E-state index in [2.05, 4.69) is 41.9 Å². The summed E-state index contributed by atoms with van der Waals surface area (Å²) in [6.07, 6.45) is 4.01. The molecule has 0 spiro atoms. The van der Waals surface area contributed by atoms with E-state index in [0.29, 0.717) is 5.41 Å². The van der Waals surface area contributed by atoms with Gasteiger partial charge in [-0.1, -0.05) is 27.2 Å². The van der Waals surface area contributed by atoms with Crippen LogP contribution in [0.15, 0.2) is 0 Å². The molecule has 0 saturated carbocycles. The first-order valence-electron chi connectivity index (χ1n) is 5.07. The van der Waals surface area contributed by atoms with Gasteiger partial charge in [-0.05, 0) is 18.3 Å². The molecule has 0 radical (unpaired) electrons. The van der Waals surface area contributed by atoms with Gasteiger partial charge in [0.15, 0.2) is 0 Å². The SMILES string of the molecule is CCC(C)(C)CCC[N+](C)(C)C. The van der Waals surface area contributed by atoms with E-state index < -0.39 is 0 Å². The quantitative estimate of drug-likeness (QED) is 0.559.